The number of hydrogen-bond acceptors (Lipinski definition) is 3. The highest BCUT2D eigenvalue weighted by Gasteiger charge is 2.31. The molecule has 0 aliphatic heterocycles. The molecular weight excluding hydrogens is 336 g/mol. The summed E-state index contributed by atoms with van der Waals surface area (Å²) in [7, 11) is 1.40. The minimum Gasteiger partial charge on any atom is -0.508 e. The van der Waals surface area contributed by atoms with Crippen LogP contribution in [0.4, 0.5) is 0 Å². The zero-order chi connectivity index (χ0) is 19.6. The second-order valence-corrected chi connectivity index (χ2v) is 7.06. The van der Waals surface area contributed by atoms with Gasteiger partial charge in [-0.1, -0.05) is 50.2 Å². The van der Waals surface area contributed by atoms with Gasteiger partial charge in [0.05, 0.1) is 12.7 Å². The van der Waals surface area contributed by atoms with Gasteiger partial charge in [0.15, 0.2) is 0 Å². The third-order valence-corrected chi connectivity index (χ3v) is 5.77. The Kier molecular flexibility index (Phi) is 5.22. The van der Waals surface area contributed by atoms with Gasteiger partial charge in [-0.25, -0.2) is 4.79 Å². The fourth-order valence-corrected chi connectivity index (χ4v) is 3.98. The third-order valence-electron chi connectivity index (χ3n) is 5.77. The van der Waals surface area contributed by atoms with Gasteiger partial charge in [0.25, 0.3) is 0 Å². The molecule has 3 nitrogen and oxygen atoms in total. The van der Waals surface area contributed by atoms with E-state index < -0.39 is 0 Å². The van der Waals surface area contributed by atoms with Crippen LogP contribution in [-0.2, 0) is 10.2 Å². The van der Waals surface area contributed by atoms with Crippen molar-refractivity contribution in [2.75, 3.05) is 7.11 Å². The number of aryl methyl sites for hydroxylation is 1. The van der Waals surface area contributed by atoms with Crippen LogP contribution in [0.3, 0.4) is 0 Å². The number of carbonyl (C=O) groups is 1. The highest BCUT2D eigenvalue weighted by atomic mass is 16.5. The summed E-state index contributed by atoms with van der Waals surface area (Å²) in [6.45, 7) is 6.32. The number of fused-ring (bicyclic) bond motifs is 1. The molecule has 0 aliphatic rings. The van der Waals surface area contributed by atoms with Gasteiger partial charge in [-0.15, -0.1) is 0 Å². The zero-order valence-corrected chi connectivity index (χ0v) is 16.4. The molecule has 1 N–H and O–H groups in total. The smallest absolute Gasteiger partial charge is 0.337 e. The first-order valence-electron chi connectivity index (χ1n) is 9.38. The van der Waals surface area contributed by atoms with Crippen LogP contribution in [0.1, 0.15) is 53.7 Å². The Balaban J connectivity index is 2.18. The van der Waals surface area contributed by atoms with E-state index in [0.29, 0.717) is 11.3 Å². The number of methoxy groups -OCH3 is 1. The quantitative estimate of drug-likeness (QED) is 0.588. The van der Waals surface area contributed by atoms with Gasteiger partial charge < -0.3 is 9.84 Å². The number of ether oxygens (including phenoxy) is 1. The molecular formula is C24H26O3. The SMILES string of the molecule is CCC(CC)(c1ccc(O)c(C)c1)c1ccc2ccc(C(=O)OC)cc2c1. The summed E-state index contributed by atoms with van der Waals surface area (Å²) in [5.41, 5.74) is 3.71. The lowest BCUT2D eigenvalue weighted by atomic mass is 9.70. The van der Waals surface area contributed by atoms with E-state index in [4.69, 9.17) is 4.74 Å². The summed E-state index contributed by atoms with van der Waals surface area (Å²) in [4.78, 5) is 11.9. The van der Waals surface area contributed by atoms with Gasteiger partial charge in [0.2, 0.25) is 0 Å². The van der Waals surface area contributed by atoms with E-state index in [1.807, 2.05) is 25.1 Å². The van der Waals surface area contributed by atoms with Gasteiger partial charge in [-0.3, -0.25) is 0 Å². The van der Waals surface area contributed by atoms with Crippen LogP contribution in [0, 0.1) is 6.92 Å². The molecule has 0 radical (unpaired) electrons. The van der Waals surface area contributed by atoms with Gasteiger partial charge >= 0.3 is 5.97 Å². The molecule has 0 saturated carbocycles. The zero-order valence-electron chi connectivity index (χ0n) is 16.4. The van der Waals surface area contributed by atoms with Crippen LogP contribution in [0.25, 0.3) is 10.8 Å². The molecule has 0 heterocycles. The number of carbonyl (C=O) groups excluding carboxylic acids is 1. The van der Waals surface area contributed by atoms with Gasteiger partial charge in [0, 0.05) is 5.41 Å². The van der Waals surface area contributed by atoms with Gasteiger partial charge in [-0.05, 0) is 65.4 Å². The Bertz CT molecular complexity index is 984. The number of aromatic hydroxyl groups is 1. The second kappa shape index (κ2) is 7.43. The molecule has 3 heteroatoms. The molecule has 0 amide bonds. The molecule has 140 valence electrons. The lowest BCUT2D eigenvalue weighted by Crippen LogP contribution is -2.26. The fraction of sp³-hybridized carbons (Fsp3) is 0.292. The summed E-state index contributed by atoms with van der Waals surface area (Å²) >= 11 is 0. The Hall–Kier alpha value is -2.81. The van der Waals surface area contributed by atoms with Gasteiger partial charge in [-0.2, -0.15) is 0 Å². The average Bonchev–Trinajstić information content (AvgIpc) is 2.70. The van der Waals surface area contributed by atoms with E-state index in [1.54, 1.807) is 12.1 Å². The molecule has 0 fully saturated rings. The number of hydrogen-bond donors (Lipinski definition) is 1. The van der Waals surface area contributed by atoms with Crippen LogP contribution in [0.15, 0.2) is 54.6 Å². The van der Waals surface area contributed by atoms with Crippen molar-refractivity contribution in [3.05, 3.63) is 76.9 Å². The highest BCUT2D eigenvalue weighted by molar-refractivity contribution is 5.95. The van der Waals surface area contributed by atoms with Crippen LogP contribution < -0.4 is 0 Å². The monoisotopic (exact) mass is 362 g/mol. The normalized spacial score (nSPS) is 11.6. The number of phenolic OH excluding ortho intramolecular Hbond substituents is 1. The molecule has 3 aromatic rings. The first kappa shape index (κ1) is 19.0. The van der Waals surface area contributed by atoms with Crippen molar-refractivity contribution in [3.63, 3.8) is 0 Å². The summed E-state index contributed by atoms with van der Waals surface area (Å²) in [6.07, 6.45) is 1.88. The molecule has 27 heavy (non-hydrogen) atoms. The van der Waals surface area contributed by atoms with Crippen LogP contribution in [-0.4, -0.2) is 18.2 Å². The number of phenols is 1. The molecule has 0 bridgehead atoms. The van der Waals surface area contributed by atoms with E-state index in [2.05, 4.69) is 38.1 Å². The Morgan fingerprint density at radius 3 is 2.19 bits per heavy atom. The molecule has 0 unspecified atom stereocenters. The van der Waals surface area contributed by atoms with E-state index in [9.17, 15) is 9.90 Å². The molecule has 0 aromatic heterocycles. The van der Waals surface area contributed by atoms with Crippen LogP contribution in [0.2, 0.25) is 0 Å². The number of esters is 1. The van der Waals surface area contributed by atoms with E-state index in [0.717, 1.165) is 29.2 Å². The molecule has 0 saturated heterocycles. The molecule has 0 atom stereocenters. The van der Waals surface area contributed by atoms with Crippen molar-refractivity contribution < 1.29 is 14.6 Å². The molecule has 3 aromatic carbocycles. The third kappa shape index (κ3) is 3.30. The van der Waals surface area contributed by atoms with Crippen molar-refractivity contribution in [1.82, 2.24) is 0 Å². The van der Waals surface area contributed by atoms with Crippen molar-refractivity contribution in [3.8, 4) is 5.75 Å². The summed E-state index contributed by atoms with van der Waals surface area (Å²) in [6, 6.07) is 18.0. The number of rotatable bonds is 5. The Morgan fingerprint density at radius 1 is 0.926 bits per heavy atom. The first-order chi connectivity index (χ1) is 12.9. The van der Waals surface area contributed by atoms with Crippen molar-refractivity contribution in [2.45, 2.75) is 39.0 Å². The molecule has 0 spiro atoms. The largest absolute Gasteiger partial charge is 0.508 e. The maximum atomic E-state index is 11.9. The lowest BCUT2D eigenvalue weighted by molar-refractivity contribution is 0.0601. The van der Waals surface area contributed by atoms with Crippen LogP contribution >= 0.6 is 0 Å². The minimum atomic E-state index is -0.325. The van der Waals surface area contributed by atoms with Gasteiger partial charge in [0.1, 0.15) is 5.75 Å². The first-order valence-corrected chi connectivity index (χ1v) is 9.38. The predicted octanol–water partition coefficient (Wildman–Crippen LogP) is 5.75. The summed E-state index contributed by atoms with van der Waals surface area (Å²) in [5, 5.41) is 12.0. The number of benzene rings is 3. The maximum absolute atomic E-state index is 11.9. The lowest BCUT2D eigenvalue weighted by Gasteiger charge is -2.34. The Labute approximate surface area is 160 Å². The topological polar surface area (TPSA) is 46.5 Å². The van der Waals surface area contributed by atoms with Crippen LogP contribution in [0.5, 0.6) is 5.75 Å². The Morgan fingerprint density at radius 2 is 1.56 bits per heavy atom. The fourth-order valence-electron chi connectivity index (χ4n) is 3.98. The average molecular weight is 362 g/mol. The summed E-state index contributed by atoms with van der Waals surface area (Å²) in [5.74, 6) is -0.00482. The maximum Gasteiger partial charge on any atom is 0.337 e. The van der Waals surface area contributed by atoms with Crippen molar-refractivity contribution >= 4 is 16.7 Å². The molecule has 0 aliphatic carbocycles. The van der Waals surface area contributed by atoms with Crippen molar-refractivity contribution in [1.29, 1.82) is 0 Å². The van der Waals surface area contributed by atoms with E-state index >= 15 is 0 Å². The summed E-state index contributed by atoms with van der Waals surface area (Å²) < 4.78 is 4.86. The van der Waals surface area contributed by atoms with E-state index in [1.165, 1.54) is 18.2 Å². The second-order valence-electron chi connectivity index (χ2n) is 7.06. The minimum absolute atomic E-state index is 0.145. The standard InChI is InChI=1S/C24H26O3/c1-5-24(6-2,20-11-12-22(25)16(3)13-20)21-10-9-17-7-8-18(23(26)27-4)14-19(17)15-21/h7-15,25H,5-6H2,1-4H3. The molecule has 3 rings (SSSR count). The highest BCUT2D eigenvalue weighted by Crippen LogP contribution is 2.41. The predicted molar refractivity (Wildman–Crippen MR) is 109 cm³/mol. The van der Waals surface area contributed by atoms with Crippen molar-refractivity contribution in [2.24, 2.45) is 0 Å². The van der Waals surface area contributed by atoms with E-state index in [-0.39, 0.29) is 11.4 Å².